The summed E-state index contributed by atoms with van der Waals surface area (Å²) in [6, 6.07) is 5.26. The molecule has 5 rings (SSSR count). The van der Waals surface area contributed by atoms with Crippen molar-refractivity contribution < 1.29 is 23.1 Å². The lowest BCUT2D eigenvalue weighted by Gasteiger charge is -2.60. The lowest BCUT2D eigenvalue weighted by atomic mass is 9.47. The van der Waals surface area contributed by atoms with Gasteiger partial charge < -0.3 is 10.0 Å². The highest BCUT2D eigenvalue weighted by atomic mass is 19.4. The first kappa shape index (κ1) is 22.7. The Morgan fingerprint density at radius 1 is 1.15 bits per heavy atom. The van der Waals surface area contributed by atoms with Crippen molar-refractivity contribution in [1.82, 2.24) is 4.90 Å². The number of hydrogen-bond donors (Lipinski definition) is 1. The number of aliphatic hydroxyl groups is 1. The number of rotatable bonds is 1. The minimum atomic E-state index is -4.40. The first-order valence-electron chi connectivity index (χ1n) is 12.0. The number of alkyl halides is 3. The summed E-state index contributed by atoms with van der Waals surface area (Å²) < 4.78 is 40.0. The monoisotopic (exact) mass is 459 g/mol. The van der Waals surface area contributed by atoms with Crippen LogP contribution in [0.25, 0.3) is 6.08 Å². The number of benzene rings is 1. The van der Waals surface area contributed by atoms with Crippen LogP contribution in [0.1, 0.15) is 57.1 Å². The smallest absolute Gasteiger partial charge is 0.393 e. The molecule has 1 heterocycles. The Morgan fingerprint density at radius 3 is 2.64 bits per heavy atom. The summed E-state index contributed by atoms with van der Waals surface area (Å²) in [5.41, 5.74) is 0.482. The van der Waals surface area contributed by atoms with Crippen LogP contribution in [0.4, 0.5) is 13.2 Å². The van der Waals surface area contributed by atoms with Gasteiger partial charge in [-0.15, -0.1) is 0 Å². The lowest BCUT2D eigenvalue weighted by Crippen LogP contribution is -2.60. The minimum absolute atomic E-state index is 0.0668. The molecule has 1 aliphatic heterocycles. The fourth-order valence-corrected chi connectivity index (χ4v) is 7.84. The van der Waals surface area contributed by atoms with Gasteiger partial charge in [0, 0.05) is 12.5 Å². The summed E-state index contributed by atoms with van der Waals surface area (Å²) in [5.74, 6) is 1.02. The first-order valence-corrected chi connectivity index (χ1v) is 12.0. The third-order valence-corrected chi connectivity index (χ3v) is 9.48. The zero-order valence-electron chi connectivity index (χ0n) is 19.4. The molecule has 0 radical (unpaired) electrons. The van der Waals surface area contributed by atoms with Gasteiger partial charge in [0.05, 0.1) is 17.7 Å². The van der Waals surface area contributed by atoms with Crippen LogP contribution in [0, 0.1) is 28.6 Å². The van der Waals surface area contributed by atoms with Crippen molar-refractivity contribution in [2.45, 2.75) is 64.3 Å². The Morgan fingerprint density at radius 2 is 1.91 bits per heavy atom. The molecule has 1 amide bonds. The minimum Gasteiger partial charge on any atom is -0.393 e. The molecule has 3 aliphatic carbocycles. The van der Waals surface area contributed by atoms with Gasteiger partial charge in [0.25, 0.3) is 0 Å². The fraction of sp³-hybridized carbons (Fsp3) is 0.593. The predicted octanol–water partition coefficient (Wildman–Crippen LogP) is 5.70. The molecule has 0 saturated heterocycles. The van der Waals surface area contributed by atoms with E-state index in [-0.39, 0.29) is 28.9 Å². The summed E-state index contributed by atoms with van der Waals surface area (Å²) in [4.78, 5) is 14.4. The third-order valence-electron chi connectivity index (χ3n) is 9.48. The Bertz CT molecular complexity index is 1030. The topological polar surface area (TPSA) is 40.5 Å². The molecule has 3 saturated carbocycles. The maximum absolute atomic E-state index is 13.3. The maximum Gasteiger partial charge on any atom is 0.416 e. The van der Waals surface area contributed by atoms with Gasteiger partial charge in [-0.1, -0.05) is 38.1 Å². The molecule has 6 heteroatoms. The van der Waals surface area contributed by atoms with E-state index in [1.54, 1.807) is 24.1 Å². The number of nitrogens with zero attached hydrogens (tertiary/aromatic N) is 1. The van der Waals surface area contributed by atoms with E-state index in [9.17, 15) is 23.1 Å². The molecular formula is C27H32F3NO2. The molecule has 4 aliphatic rings. The fourth-order valence-electron chi connectivity index (χ4n) is 7.84. The van der Waals surface area contributed by atoms with E-state index in [2.05, 4.69) is 19.9 Å². The zero-order chi connectivity index (χ0) is 23.8. The van der Waals surface area contributed by atoms with Gasteiger partial charge in [0.1, 0.15) is 0 Å². The van der Waals surface area contributed by atoms with Gasteiger partial charge in [-0.2, -0.15) is 13.2 Å². The van der Waals surface area contributed by atoms with Crippen LogP contribution >= 0.6 is 0 Å². The van der Waals surface area contributed by atoms with Crippen LogP contribution in [-0.2, 0) is 11.0 Å². The molecule has 0 unspecified atom stereocenters. The van der Waals surface area contributed by atoms with Crippen molar-refractivity contribution in [3.63, 3.8) is 0 Å². The van der Waals surface area contributed by atoms with Crippen LogP contribution in [0.3, 0.4) is 0 Å². The highest BCUT2D eigenvalue weighted by Crippen LogP contribution is 2.64. The molecule has 0 bridgehead atoms. The van der Waals surface area contributed by atoms with Crippen LogP contribution in [-0.4, -0.2) is 35.1 Å². The highest BCUT2D eigenvalue weighted by Gasteiger charge is 2.61. The summed E-state index contributed by atoms with van der Waals surface area (Å²) in [5, 5.41) is 10.8. The Hall–Kier alpha value is -2.08. The second-order valence-corrected chi connectivity index (χ2v) is 11.1. The summed E-state index contributed by atoms with van der Waals surface area (Å²) in [7, 11) is 1.81. The Balaban J connectivity index is 1.61. The molecular weight excluding hydrogens is 427 g/mol. The van der Waals surface area contributed by atoms with Gasteiger partial charge in [-0.3, -0.25) is 4.79 Å². The van der Waals surface area contributed by atoms with E-state index in [4.69, 9.17) is 0 Å². The summed E-state index contributed by atoms with van der Waals surface area (Å²) in [6.45, 7) is 4.42. The molecule has 1 N–H and O–H groups in total. The quantitative estimate of drug-likeness (QED) is 0.585. The Kier molecular flexibility index (Phi) is 5.13. The highest BCUT2D eigenvalue weighted by molar-refractivity contribution is 5.89. The predicted molar refractivity (Wildman–Crippen MR) is 121 cm³/mol. The molecule has 3 nitrogen and oxygen atoms in total. The van der Waals surface area contributed by atoms with E-state index < -0.39 is 11.7 Å². The largest absolute Gasteiger partial charge is 0.416 e. The maximum atomic E-state index is 13.3. The number of amides is 1. The number of likely N-dealkylation sites (N-methyl/N-ethyl adjacent to an activating group) is 1. The number of halogens is 3. The average molecular weight is 460 g/mol. The normalized spacial score (nSPS) is 41.7. The van der Waals surface area contributed by atoms with Crippen molar-refractivity contribution in [2.24, 2.45) is 28.6 Å². The molecule has 178 valence electrons. The van der Waals surface area contributed by atoms with Crippen LogP contribution in [0.5, 0.6) is 0 Å². The summed E-state index contributed by atoms with van der Waals surface area (Å²) in [6.07, 6.45) is 5.42. The molecule has 1 aromatic rings. The molecule has 3 fully saturated rings. The van der Waals surface area contributed by atoms with E-state index in [1.165, 1.54) is 12.1 Å². The van der Waals surface area contributed by atoms with E-state index >= 15 is 0 Å². The van der Waals surface area contributed by atoms with Crippen LogP contribution in [0.2, 0.25) is 0 Å². The zero-order valence-corrected chi connectivity index (χ0v) is 19.4. The molecule has 0 aromatic heterocycles. The second kappa shape index (κ2) is 7.46. The third kappa shape index (κ3) is 3.39. The van der Waals surface area contributed by atoms with Crippen molar-refractivity contribution in [1.29, 1.82) is 0 Å². The molecule has 1 aromatic carbocycles. The SMILES string of the molecule is CN1C(=O)C=C[C@]2(C)[C@H]3CC[C@]4(C)[C@@H](O)CC[C@H]4[C@@H]3C/C(=C/c3cccc(C(F)(F)F)c3)[C@@H]12. The van der Waals surface area contributed by atoms with E-state index in [1.807, 2.05) is 6.08 Å². The van der Waals surface area contributed by atoms with Crippen LogP contribution in [0.15, 0.2) is 42.0 Å². The van der Waals surface area contributed by atoms with E-state index in [0.29, 0.717) is 23.3 Å². The molecule has 0 spiro atoms. The standard InChI is InChI=1S/C27H32F3NO2/c1-25-11-9-21-19(20(25)7-8-22(25)32)15-17(24-26(21,2)12-10-23(33)31(24)3)13-16-5-4-6-18(14-16)27(28,29)30/h4-6,10,12-14,19-22,24,32H,7-9,11,15H2,1-3H3/b17-13-/t19-,20-,21-,22-,24+,25-,26+/m0/s1. The van der Waals surface area contributed by atoms with Crippen molar-refractivity contribution >= 4 is 12.0 Å². The number of fused-ring (bicyclic) bond motifs is 5. The summed E-state index contributed by atoms with van der Waals surface area (Å²) >= 11 is 0. The van der Waals surface area contributed by atoms with Crippen molar-refractivity contribution in [3.05, 3.63) is 53.1 Å². The van der Waals surface area contributed by atoms with Gasteiger partial charge in [0.2, 0.25) is 5.91 Å². The molecule has 33 heavy (non-hydrogen) atoms. The number of carbonyl (C=O) groups excluding carboxylic acids is 1. The van der Waals surface area contributed by atoms with Gasteiger partial charge in [-0.05, 0) is 84.6 Å². The lowest BCUT2D eigenvalue weighted by molar-refractivity contribution is -0.137. The van der Waals surface area contributed by atoms with Gasteiger partial charge in [-0.25, -0.2) is 0 Å². The Labute approximate surface area is 193 Å². The van der Waals surface area contributed by atoms with Gasteiger partial charge in [0.15, 0.2) is 0 Å². The number of hydrogen-bond acceptors (Lipinski definition) is 2. The average Bonchev–Trinajstić information content (AvgIpc) is 3.05. The van der Waals surface area contributed by atoms with Crippen molar-refractivity contribution in [3.8, 4) is 0 Å². The van der Waals surface area contributed by atoms with E-state index in [0.717, 1.165) is 43.7 Å². The number of carbonyl (C=O) groups is 1. The van der Waals surface area contributed by atoms with Crippen molar-refractivity contribution in [2.75, 3.05) is 7.05 Å². The van der Waals surface area contributed by atoms with Gasteiger partial charge >= 0.3 is 6.18 Å². The first-order chi connectivity index (χ1) is 15.4. The van der Waals surface area contributed by atoms with Crippen LogP contribution < -0.4 is 0 Å². The number of aliphatic hydroxyl groups excluding tert-OH is 1. The molecule has 7 atom stereocenters. The second-order valence-electron chi connectivity index (χ2n) is 11.1.